The number of rotatable bonds is 5. The van der Waals surface area contributed by atoms with Crippen molar-refractivity contribution >= 4 is 17.5 Å². The maximum absolute atomic E-state index is 11.7. The van der Waals surface area contributed by atoms with E-state index in [9.17, 15) is 4.79 Å². The normalized spacial score (nSPS) is 10.4. The van der Waals surface area contributed by atoms with Gasteiger partial charge >= 0.3 is 0 Å². The van der Waals surface area contributed by atoms with Gasteiger partial charge in [-0.25, -0.2) is 0 Å². The average Bonchev–Trinajstić information content (AvgIpc) is 2.79. The van der Waals surface area contributed by atoms with E-state index in [2.05, 4.69) is 19.1 Å². The third-order valence-electron chi connectivity index (χ3n) is 2.34. The number of furan rings is 1. The number of hydrogen-bond donors (Lipinski definition) is 0. The van der Waals surface area contributed by atoms with Gasteiger partial charge in [-0.1, -0.05) is 17.7 Å². The highest BCUT2D eigenvalue weighted by atomic mass is 32.2. The monoisotopic (exact) mass is 246 g/mol. The first kappa shape index (κ1) is 12.0. The van der Waals surface area contributed by atoms with Crippen molar-refractivity contribution in [2.75, 3.05) is 5.75 Å². The zero-order chi connectivity index (χ0) is 12.1. The molecule has 0 amide bonds. The van der Waals surface area contributed by atoms with Crippen molar-refractivity contribution in [2.45, 2.75) is 18.2 Å². The Kier molecular flexibility index (Phi) is 4.04. The van der Waals surface area contributed by atoms with Gasteiger partial charge in [-0.2, -0.15) is 0 Å². The van der Waals surface area contributed by atoms with Crippen molar-refractivity contribution in [1.29, 1.82) is 0 Å². The van der Waals surface area contributed by atoms with Crippen molar-refractivity contribution < 1.29 is 9.21 Å². The molecular weight excluding hydrogens is 232 g/mol. The van der Waals surface area contributed by atoms with Crippen LogP contribution in [0.3, 0.4) is 0 Å². The van der Waals surface area contributed by atoms with Gasteiger partial charge in [-0.15, -0.1) is 11.8 Å². The second-order valence-corrected chi connectivity index (χ2v) is 4.95. The first-order valence-electron chi connectivity index (χ1n) is 5.47. The van der Waals surface area contributed by atoms with Crippen molar-refractivity contribution in [1.82, 2.24) is 0 Å². The van der Waals surface area contributed by atoms with E-state index >= 15 is 0 Å². The molecule has 88 valence electrons. The lowest BCUT2D eigenvalue weighted by Gasteiger charge is -2.01. The molecule has 0 aliphatic carbocycles. The standard InChI is InChI=1S/C14H14O2S/c1-11-4-2-6-14(8-11)17-10-12(15)9-13-5-3-7-16-13/h2-8H,9-10H2,1H3. The van der Waals surface area contributed by atoms with Crippen LogP contribution in [0.5, 0.6) is 0 Å². The minimum absolute atomic E-state index is 0.187. The topological polar surface area (TPSA) is 30.2 Å². The lowest BCUT2D eigenvalue weighted by molar-refractivity contribution is -0.116. The Bertz CT molecular complexity index is 489. The van der Waals surface area contributed by atoms with Crippen LogP contribution in [0.25, 0.3) is 0 Å². The van der Waals surface area contributed by atoms with Gasteiger partial charge in [0.15, 0.2) is 5.78 Å². The minimum Gasteiger partial charge on any atom is -0.469 e. The molecule has 3 heteroatoms. The fraction of sp³-hybridized carbons (Fsp3) is 0.214. The molecule has 0 unspecified atom stereocenters. The summed E-state index contributed by atoms with van der Waals surface area (Å²) in [4.78, 5) is 12.8. The van der Waals surface area contributed by atoms with Crippen LogP contribution in [-0.2, 0) is 11.2 Å². The Hall–Kier alpha value is -1.48. The van der Waals surface area contributed by atoms with Gasteiger partial charge < -0.3 is 4.42 Å². The molecule has 17 heavy (non-hydrogen) atoms. The SMILES string of the molecule is Cc1cccc(SCC(=O)Cc2ccco2)c1. The predicted molar refractivity (Wildman–Crippen MR) is 69.3 cm³/mol. The summed E-state index contributed by atoms with van der Waals surface area (Å²) in [5.74, 6) is 1.41. The summed E-state index contributed by atoms with van der Waals surface area (Å²) in [6.45, 7) is 2.05. The van der Waals surface area contributed by atoms with Crippen LogP contribution in [0, 0.1) is 6.92 Å². The summed E-state index contributed by atoms with van der Waals surface area (Å²) >= 11 is 1.57. The number of benzene rings is 1. The molecule has 0 bridgehead atoms. The molecule has 0 radical (unpaired) electrons. The summed E-state index contributed by atoms with van der Waals surface area (Å²) in [5, 5.41) is 0. The molecule has 0 N–H and O–H groups in total. The van der Waals surface area contributed by atoms with Crippen LogP contribution >= 0.6 is 11.8 Å². The van der Waals surface area contributed by atoms with E-state index in [4.69, 9.17) is 4.42 Å². The largest absolute Gasteiger partial charge is 0.469 e. The van der Waals surface area contributed by atoms with Crippen LogP contribution in [0.2, 0.25) is 0 Å². The lowest BCUT2D eigenvalue weighted by atomic mass is 10.2. The molecule has 0 aliphatic rings. The van der Waals surface area contributed by atoms with Gasteiger partial charge in [0.05, 0.1) is 18.4 Å². The van der Waals surface area contributed by atoms with E-state index < -0.39 is 0 Å². The Morgan fingerprint density at radius 2 is 2.18 bits per heavy atom. The highest BCUT2D eigenvalue weighted by Gasteiger charge is 2.06. The van der Waals surface area contributed by atoms with E-state index in [-0.39, 0.29) is 5.78 Å². The van der Waals surface area contributed by atoms with Gasteiger partial charge in [0.2, 0.25) is 0 Å². The highest BCUT2D eigenvalue weighted by Crippen LogP contribution is 2.19. The van der Waals surface area contributed by atoms with Crippen molar-refractivity contribution in [3.8, 4) is 0 Å². The lowest BCUT2D eigenvalue weighted by Crippen LogP contribution is -2.04. The number of carbonyl (C=O) groups is 1. The maximum atomic E-state index is 11.7. The quantitative estimate of drug-likeness (QED) is 0.756. The van der Waals surface area contributed by atoms with Crippen molar-refractivity contribution in [2.24, 2.45) is 0 Å². The van der Waals surface area contributed by atoms with E-state index in [1.165, 1.54) is 5.56 Å². The average molecular weight is 246 g/mol. The zero-order valence-electron chi connectivity index (χ0n) is 9.68. The second-order valence-electron chi connectivity index (χ2n) is 3.90. The van der Waals surface area contributed by atoms with E-state index in [0.717, 1.165) is 10.7 Å². The third kappa shape index (κ3) is 3.79. The van der Waals surface area contributed by atoms with E-state index in [0.29, 0.717) is 12.2 Å². The first-order valence-corrected chi connectivity index (χ1v) is 6.46. The van der Waals surface area contributed by atoms with Gasteiger partial charge in [0.1, 0.15) is 5.76 Å². The molecule has 1 aromatic heterocycles. The number of carbonyl (C=O) groups excluding carboxylic acids is 1. The summed E-state index contributed by atoms with van der Waals surface area (Å²) in [5.41, 5.74) is 1.22. The smallest absolute Gasteiger partial charge is 0.150 e. The number of thioether (sulfide) groups is 1. The van der Waals surface area contributed by atoms with E-state index in [1.807, 2.05) is 18.2 Å². The second kappa shape index (κ2) is 5.73. The Labute approximate surface area is 105 Å². The van der Waals surface area contributed by atoms with Crippen LogP contribution in [0.1, 0.15) is 11.3 Å². The molecule has 0 spiro atoms. The molecule has 0 saturated carbocycles. The van der Waals surface area contributed by atoms with Crippen molar-refractivity contribution in [3.63, 3.8) is 0 Å². The fourth-order valence-corrected chi connectivity index (χ4v) is 2.40. The summed E-state index contributed by atoms with van der Waals surface area (Å²) in [7, 11) is 0. The molecular formula is C14H14O2S. The number of Topliss-reactive ketones (excluding diaryl/α,β-unsaturated/α-hetero) is 1. The van der Waals surface area contributed by atoms with Crippen LogP contribution in [0.4, 0.5) is 0 Å². The number of ketones is 1. The molecule has 2 rings (SSSR count). The van der Waals surface area contributed by atoms with E-state index in [1.54, 1.807) is 24.1 Å². The predicted octanol–water partition coefficient (Wildman–Crippen LogP) is 3.49. The Balaban J connectivity index is 1.84. The molecule has 1 aromatic carbocycles. The highest BCUT2D eigenvalue weighted by molar-refractivity contribution is 8.00. The molecule has 0 atom stereocenters. The molecule has 1 heterocycles. The summed E-state index contributed by atoms with van der Waals surface area (Å²) < 4.78 is 5.15. The van der Waals surface area contributed by atoms with Crippen LogP contribution in [-0.4, -0.2) is 11.5 Å². The van der Waals surface area contributed by atoms with Crippen LogP contribution in [0.15, 0.2) is 52.0 Å². The Morgan fingerprint density at radius 1 is 1.29 bits per heavy atom. The van der Waals surface area contributed by atoms with Gasteiger partial charge in [-0.05, 0) is 31.2 Å². The number of hydrogen-bond acceptors (Lipinski definition) is 3. The zero-order valence-corrected chi connectivity index (χ0v) is 10.5. The maximum Gasteiger partial charge on any atom is 0.150 e. The van der Waals surface area contributed by atoms with Gasteiger partial charge in [-0.3, -0.25) is 4.79 Å². The Morgan fingerprint density at radius 3 is 2.88 bits per heavy atom. The third-order valence-corrected chi connectivity index (χ3v) is 3.39. The molecule has 2 aromatic rings. The first-order chi connectivity index (χ1) is 8.24. The van der Waals surface area contributed by atoms with Gasteiger partial charge in [0.25, 0.3) is 0 Å². The molecule has 0 fully saturated rings. The summed E-state index contributed by atoms with van der Waals surface area (Å²) in [6.07, 6.45) is 1.97. The molecule has 0 aliphatic heterocycles. The molecule has 0 saturated heterocycles. The van der Waals surface area contributed by atoms with Gasteiger partial charge in [0, 0.05) is 4.90 Å². The van der Waals surface area contributed by atoms with Crippen molar-refractivity contribution in [3.05, 3.63) is 54.0 Å². The fourth-order valence-electron chi connectivity index (χ4n) is 1.53. The number of aryl methyl sites for hydroxylation is 1. The van der Waals surface area contributed by atoms with Crippen LogP contribution < -0.4 is 0 Å². The molecule has 2 nitrogen and oxygen atoms in total. The minimum atomic E-state index is 0.187. The summed E-state index contributed by atoms with van der Waals surface area (Å²) in [6, 6.07) is 11.8.